The standard InChI is InChI=1S/C18H21N3O4S/c1-3-4-10-19-18(24)21-14(22)11-25-17(23)15-12(2)20-16(26-15)13-8-6-5-7-9-13/h5-9H,3-4,10-11H2,1-2H3,(H2,19,21,22,24). The molecule has 2 rings (SSSR count). The van der Waals surface area contributed by atoms with Crippen molar-refractivity contribution in [3.8, 4) is 10.6 Å². The zero-order chi connectivity index (χ0) is 18.9. The number of hydrogen-bond donors (Lipinski definition) is 2. The van der Waals surface area contributed by atoms with Crippen LogP contribution in [-0.2, 0) is 9.53 Å². The highest BCUT2D eigenvalue weighted by Gasteiger charge is 2.19. The van der Waals surface area contributed by atoms with Crippen molar-refractivity contribution in [2.75, 3.05) is 13.2 Å². The molecule has 2 aromatic rings. The monoisotopic (exact) mass is 375 g/mol. The minimum Gasteiger partial charge on any atom is -0.451 e. The average molecular weight is 375 g/mol. The lowest BCUT2D eigenvalue weighted by atomic mass is 10.2. The first-order chi connectivity index (χ1) is 12.5. The van der Waals surface area contributed by atoms with Crippen LogP contribution in [0.15, 0.2) is 30.3 Å². The molecule has 0 saturated heterocycles. The van der Waals surface area contributed by atoms with E-state index in [-0.39, 0.29) is 0 Å². The summed E-state index contributed by atoms with van der Waals surface area (Å²) in [6.45, 7) is 3.66. The van der Waals surface area contributed by atoms with Gasteiger partial charge in [-0.05, 0) is 13.3 Å². The van der Waals surface area contributed by atoms with Gasteiger partial charge in [0.1, 0.15) is 9.88 Å². The molecule has 0 aliphatic heterocycles. The number of aromatic nitrogens is 1. The number of nitrogens with one attached hydrogen (secondary N) is 2. The van der Waals surface area contributed by atoms with Crippen LogP contribution in [0.4, 0.5) is 4.79 Å². The van der Waals surface area contributed by atoms with E-state index in [9.17, 15) is 14.4 Å². The molecule has 0 spiro atoms. The molecule has 0 atom stereocenters. The molecule has 0 unspecified atom stereocenters. The maximum Gasteiger partial charge on any atom is 0.350 e. The number of benzene rings is 1. The highest BCUT2D eigenvalue weighted by Crippen LogP contribution is 2.28. The highest BCUT2D eigenvalue weighted by atomic mass is 32.1. The number of esters is 1. The molecule has 1 heterocycles. The lowest BCUT2D eigenvalue weighted by Gasteiger charge is -2.06. The number of amides is 3. The molecule has 138 valence electrons. The van der Waals surface area contributed by atoms with Crippen LogP contribution >= 0.6 is 11.3 Å². The Balaban J connectivity index is 1.87. The van der Waals surface area contributed by atoms with Gasteiger partial charge in [-0.15, -0.1) is 11.3 Å². The predicted molar refractivity (Wildman–Crippen MR) is 99.0 cm³/mol. The summed E-state index contributed by atoms with van der Waals surface area (Å²) < 4.78 is 4.99. The van der Waals surface area contributed by atoms with Crippen molar-refractivity contribution in [3.63, 3.8) is 0 Å². The average Bonchev–Trinajstić information content (AvgIpc) is 3.02. The van der Waals surface area contributed by atoms with Gasteiger partial charge in [-0.2, -0.15) is 0 Å². The SMILES string of the molecule is CCCCNC(=O)NC(=O)COC(=O)c1sc(-c2ccccc2)nc1C. The van der Waals surface area contributed by atoms with Gasteiger partial charge in [0.2, 0.25) is 0 Å². The minimum absolute atomic E-state index is 0.337. The Morgan fingerprint density at radius 1 is 1.19 bits per heavy atom. The van der Waals surface area contributed by atoms with Gasteiger partial charge in [0, 0.05) is 12.1 Å². The van der Waals surface area contributed by atoms with E-state index in [1.807, 2.05) is 37.3 Å². The smallest absolute Gasteiger partial charge is 0.350 e. The summed E-state index contributed by atoms with van der Waals surface area (Å²) in [7, 11) is 0. The second kappa shape index (κ2) is 9.67. The second-order valence-corrected chi connectivity index (χ2v) is 6.53. The van der Waals surface area contributed by atoms with Crippen LogP contribution in [-0.4, -0.2) is 36.0 Å². The fraction of sp³-hybridized carbons (Fsp3) is 0.333. The summed E-state index contributed by atoms with van der Waals surface area (Å²) in [6, 6.07) is 8.88. The first-order valence-electron chi connectivity index (χ1n) is 8.29. The summed E-state index contributed by atoms with van der Waals surface area (Å²) in [5.74, 6) is -1.32. The number of carbonyl (C=O) groups excluding carboxylic acids is 3. The Morgan fingerprint density at radius 2 is 1.92 bits per heavy atom. The van der Waals surface area contributed by atoms with Crippen LogP contribution in [0.2, 0.25) is 0 Å². The van der Waals surface area contributed by atoms with Crippen molar-refractivity contribution in [2.24, 2.45) is 0 Å². The van der Waals surface area contributed by atoms with Crippen LogP contribution in [0.5, 0.6) is 0 Å². The Bertz CT molecular complexity index is 774. The molecular weight excluding hydrogens is 354 g/mol. The van der Waals surface area contributed by atoms with Gasteiger partial charge < -0.3 is 10.1 Å². The van der Waals surface area contributed by atoms with Crippen LogP contribution in [0.25, 0.3) is 10.6 Å². The fourth-order valence-electron chi connectivity index (χ4n) is 2.07. The zero-order valence-electron chi connectivity index (χ0n) is 14.7. The lowest BCUT2D eigenvalue weighted by Crippen LogP contribution is -2.41. The van der Waals surface area contributed by atoms with Gasteiger partial charge in [-0.1, -0.05) is 43.7 Å². The minimum atomic E-state index is -0.683. The topological polar surface area (TPSA) is 97.4 Å². The molecule has 3 amide bonds. The Kier molecular flexibility index (Phi) is 7.28. The Hall–Kier alpha value is -2.74. The third-order valence-corrected chi connectivity index (χ3v) is 4.59. The van der Waals surface area contributed by atoms with Gasteiger partial charge in [0.15, 0.2) is 6.61 Å². The lowest BCUT2D eigenvalue weighted by molar-refractivity contribution is -0.123. The molecule has 1 aromatic carbocycles. The van der Waals surface area contributed by atoms with Gasteiger partial charge in [-0.3, -0.25) is 10.1 Å². The largest absolute Gasteiger partial charge is 0.451 e. The van der Waals surface area contributed by atoms with Crippen LogP contribution in [0.3, 0.4) is 0 Å². The van der Waals surface area contributed by atoms with Gasteiger partial charge in [-0.25, -0.2) is 14.6 Å². The van der Waals surface area contributed by atoms with E-state index in [2.05, 4.69) is 15.6 Å². The first-order valence-corrected chi connectivity index (χ1v) is 9.10. The number of hydrogen-bond acceptors (Lipinski definition) is 6. The number of aryl methyl sites for hydroxylation is 1. The number of urea groups is 1. The molecule has 7 nitrogen and oxygen atoms in total. The first kappa shape index (κ1) is 19.6. The summed E-state index contributed by atoms with van der Waals surface area (Å²) in [5.41, 5.74) is 1.44. The molecule has 8 heteroatoms. The van der Waals surface area contributed by atoms with E-state index in [4.69, 9.17) is 4.74 Å². The third-order valence-electron chi connectivity index (χ3n) is 3.41. The number of ether oxygens (including phenoxy) is 1. The maximum atomic E-state index is 12.2. The maximum absolute atomic E-state index is 12.2. The summed E-state index contributed by atoms with van der Waals surface area (Å²) >= 11 is 1.20. The van der Waals surface area contributed by atoms with E-state index >= 15 is 0 Å². The van der Waals surface area contributed by atoms with Crippen molar-refractivity contribution < 1.29 is 19.1 Å². The molecular formula is C18H21N3O4S. The van der Waals surface area contributed by atoms with E-state index in [1.54, 1.807) is 6.92 Å². The van der Waals surface area contributed by atoms with Crippen molar-refractivity contribution in [3.05, 3.63) is 40.9 Å². The summed E-state index contributed by atoms with van der Waals surface area (Å²) in [5, 5.41) is 5.36. The normalized spacial score (nSPS) is 10.2. The van der Waals surface area contributed by atoms with E-state index in [0.717, 1.165) is 18.4 Å². The molecule has 1 aromatic heterocycles. The molecule has 0 saturated carbocycles. The number of unbranched alkanes of at least 4 members (excludes halogenated alkanes) is 1. The van der Waals surface area contributed by atoms with Crippen LogP contribution in [0, 0.1) is 6.92 Å². The fourth-order valence-corrected chi connectivity index (χ4v) is 3.04. The second-order valence-electron chi connectivity index (χ2n) is 5.53. The molecule has 0 fully saturated rings. The van der Waals surface area contributed by atoms with Crippen LogP contribution in [0.1, 0.15) is 35.1 Å². The zero-order valence-corrected chi connectivity index (χ0v) is 15.5. The number of nitrogens with zero attached hydrogens (tertiary/aromatic N) is 1. The summed E-state index contributed by atoms with van der Waals surface area (Å²) in [4.78, 5) is 40.0. The molecule has 2 N–H and O–H groups in total. The van der Waals surface area contributed by atoms with Crippen LogP contribution < -0.4 is 10.6 Å². The van der Waals surface area contributed by atoms with Gasteiger partial charge >= 0.3 is 12.0 Å². The Morgan fingerprint density at radius 3 is 2.62 bits per heavy atom. The van der Waals surface area contributed by atoms with Crippen molar-refractivity contribution in [2.45, 2.75) is 26.7 Å². The van der Waals surface area contributed by atoms with Crippen molar-refractivity contribution in [1.82, 2.24) is 15.6 Å². The van der Waals surface area contributed by atoms with Gasteiger partial charge in [0.25, 0.3) is 5.91 Å². The van der Waals surface area contributed by atoms with Gasteiger partial charge in [0.05, 0.1) is 5.69 Å². The van der Waals surface area contributed by atoms with Crippen molar-refractivity contribution >= 4 is 29.2 Å². The molecule has 0 aliphatic carbocycles. The van der Waals surface area contributed by atoms with E-state index in [0.29, 0.717) is 22.1 Å². The third kappa shape index (κ3) is 5.66. The number of rotatable bonds is 7. The molecule has 0 radical (unpaired) electrons. The quantitative estimate of drug-likeness (QED) is 0.573. The highest BCUT2D eigenvalue weighted by molar-refractivity contribution is 7.17. The number of thiazole rings is 1. The van der Waals surface area contributed by atoms with E-state index in [1.165, 1.54) is 11.3 Å². The van der Waals surface area contributed by atoms with Crippen molar-refractivity contribution in [1.29, 1.82) is 0 Å². The number of carbonyl (C=O) groups is 3. The van der Waals surface area contributed by atoms with E-state index < -0.39 is 24.5 Å². The Labute approximate surface area is 155 Å². The summed E-state index contributed by atoms with van der Waals surface area (Å²) in [6.07, 6.45) is 1.76. The predicted octanol–water partition coefficient (Wildman–Crippen LogP) is 2.90. The number of imide groups is 1. The molecule has 26 heavy (non-hydrogen) atoms. The molecule has 0 aliphatic rings. The molecule has 0 bridgehead atoms.